The fraction of sp³-hybridized carbons (Fsp3) is 0.200. The van der Waals surface area contributed by atoms with E-state index in [4.69, 9.17) is 5.11 Å². The van der Waals surface area contributed by atoms with Crippen molar-refractivity contribution >= 4 is 27.5 Å². The largest absolute Gasteiger partial charge is 0.481 e. The van der Waals surface area contributed by atoms with Crippen LogP contribution in [0.15, 0.2) is 22.9 Å². The molecule has 0 fully saturated rings. The number of aliphatic carboxylic acids is 1. The second kappa shape index (κ2) is 3.66. The zero-order chi connectivity index (χ0) is 11.0. The lowest BCUT2D eigenvalue weighted by Gasteiger charge is -1.98. The Hall–Kier alpha value is -1.36. The molecule has 0 aliphatic carbocycles. The van der Waals surface area contributed by atoms with E-state index in [-0.39, 0.29) is 6.42 Å². The smallest absolute Gasteiger partial charge is 0.309 e. The van der Waals surface area contributed by atoms with Gasteiger partial charge in [-0.25, -0.2) is 4.98 Å². The van der Waals surface area contributed by atoms with E-state index in [0.29, 0.717) is 5.69 Å². The maximum absolute atomic E-state index is 10.5. The van der Waals surface area contributed by atoms with Crippen LogP contribution >= 0.6 is 15.9 Å². The van der Waals surface area contributed by atoms with Gasteiger partial charge in [-0.3, -0.25) is 4.79 Å². The van der Waals surface area contributed by atoms with Gasteiger partial charge in [0, 0.05) is 16.9 Å². The van der Waals surface area contributed by atoms with Gasteiger partial charge in [0.1, 0.15) is 5.65 Å². The van der Waals surface area contributed by atoms with Gasteiger partial charge in [-0.05, 0) is 34.5 Å². The molecule has 2 rings (SSSR count). The molecule has 0 saturated carbocycles. The Balaban J connectivity index is 2.51. The van der Waals surface area contributed by atoms with Crippen LogP contribution in [0.1, 0.15) is 11.3 Å². The van der Waals surface area contributed by atoms with Crippen molar-refractivity contribution in [1.82, 2.24) is 9.38 Å². The van der Waals surface area contributed by atoms with Gasteiger partial charge in [0.25, 0.3) is 0 Å². The van der Waals surface area contributed by atoms with Gasteiger partial charge in [-0.15, -0.1) is 0 Å². The summed E-state index contributed by atoms with van der Waals surface area (Å²) in [6.45, 7) is 1.97. The number of hydrogen-bond donors (Lipinski definition) is 1. The molecular weight excluding hydrogens is 260 g/mol. The van der Waals surface area contributed by atoms with Crippen molar-refractivity contribution in [2.45, 2.75) is 13.3 Å². The second-order valence-electron chi connectivity index (χ2n) is 3.37. The first-order valence-electron chi connectivity index (χ1n) is 4.42. The topological polar surface area (TPSA) is 54.6 Å². The number of imidazole rings is 1. The molecule has 0 bridgehead atoms. The number of fused-ring (bicyclic) bond motifs is 1. The number of rotatable bonds is 2. The van der Waals surface area contributed by atoms with Crippen molar-refractivity contribution in [2.75, 3.05) is 0 Å². The molecule has 78 valence electrons. The van der Waals surface area contributed by atoms with Crippen LogP contribution in [0.5, 0.6) is 0 Å². The summed E-state index contributed by atoms with van der Waals surface area (Å²) < 4.78 is 2.80. The second-order valence-corrected chi connectivity index (χ2v) is 4.23. The molecule has 0 amide bonds. The monoisotopic (exact) mass is 268 g/mol. The summed E-state index contributed by atoms with van der Waals surface area (Å²) >= 11 is 3.41. The van der Waals surface area contributed by atoms with Crippen LogP contribution in [0.25, 0.3) is 5.65 Å². The van der Waals surface area contributed by atoms with E-state index in [9.17, 15) is 4.79 Å². The van der Waals surface area contributed by atoms with Gasteiger partial charge in [0.2, 0.25) is 0 Å². The molecule has 0 spiro atoms. The number of carbonyl (C=O) groups is 1. The predicted octanol–water partition coefficient (Wildman–Crippen LogP) is 2.03. The Bertz CT molecular complexity index is 494. The fourth-order valence-corrected chi connectivity index (χ4v) is 1.73. The van der Waals surface area contributed by atoms with Crippen molar-refractivity contribution in [2.24, 2.45) is 0 Å². The average Bonchev–Trinajstić information content (AvgIpc) is 2.46. The van der Waals surface area contributed by atoms with E-state index in [2.05, 4.69) is 20.9 Å². The lowest BCUT2D eigenvalue weighted by atomic mass is 10.3. The van der Waals surface area contributed by atoms with Crippen LogP contribution < -0.4 is 0 Å². The van der Waals surface area contributed by atoms with E-state index >= 15 is 0 Å². The van der Waals surface area contributed by atoms with E-state index in [0.717, 1.165) is 15.7 Å². The first-order chi connectivity index (χ1) is 7.06. The molecule has 0 aliphatic rings. The predicted molar refractivity (Wildman–Crippen MR) is 59.0 cm³/mol. The first kappa shape index (κ1) is 10.2. The van der Waals surface area contributed by atoms with Crippen molar-refractivity contribution in [1.29, 1.82) is 0 Å². The van der Waals surface area contributed by atoms with Crippen LogP contribution in [0.2, 0.25) is 0 Å². The molecule has 2 aromatic rings. The Kier molecular flexibility index (Phi) is 2.48. The zero-order valence-electron chi connectivity index (χ0n) is 8.07. The van der Waals surface area contributed by atoms with Crippen LogP contribution in [0.4, 0.5) is 0 Å². The number of carboxylic acid groups (broad SMARTS) is 1. The SMILES string of the molecule is Cc1cc2nc(CC(=O)O)cn2cc1Br. The van der Waals surface area contributed by atoms with E-state index < -0.39 is 5.97 Å². The summed E-state index contributed by atoms with van der Waals surface area (Å²) in [5.74, 6) is -0.866. The number of halogens is 1. The number of hydrogen-bond acceptors (Lipinski definition) is 2. The highest BCUT2D eigenvalue weighted by atomic mass is 79.9. The maximum atomic E-state index is 10.5. The van der Waals surface area contributed by atoms with E-state index in [1.54, 1.807) is 6.20 Å². The summed E-state index contributed by atoms with van der Waals surface area (Å²) in [7, 11) is 0. The van der Waals surface area contributed by atoms with Crippen LogP contribution in [-0.2, 0) is 11.2 Å². The van der Waals surface area contributed by atoms with Gasteiger partial charge in [-0.1, -0.05) is 0 Å². The standard InChI is InChI=1S/C10H9BrN2O2/c1-6-2-9-12-7(3-10(14)15)4-13(9)5-8(6)11/h2,4-5H,3H2,1H3,(H,14,15). The molecule has 0 aromatic carbocycles. The molecule has 0 radical (unpaired) electrons. The highest BCUT2D eigenvalue weighted by Crippen LogP contribution is 2.18. The zero-order valence-corrected chi connectivity index (χ0v) is 9.65. The minimum Gasteiger partial charge on any atom is -0.481 e. The molecule has 4 nitrogen and oxygen atoms in total. The Morgan fingerprint density at radius 3 is 3.00 bits per heavy atom. The summed E-state index contributed by atoms with van der Waals surface area (Å²) in [6.07, 6.45) is 3.56. The first-order valence-corrected chi connectivity index (χ1v) is 5.21. The van der Waals surface area contributed by atoms with Gasteiger partial charge in [-0.2, -0.15) is 0 Å². The Morgan fingerprint density at radius 2 is 2.33 bits per heavy atom. The lowest BCUT2D eigenvalue weighted by molar-refractivity contribution is -0.136. The highest BCUT2D eigenvalue weighted by Gasteiger charge is 2.07. The number of aromatic nitrogens is 2. The summed E-state index contributed by atoms with van der Waals surface area (Å²) in [4.78, 5) is 14.7. The molecule has 0 aliphatic heterocycles. The number of carboxylic acids is 1. The third-order valence-corrected chi connectivity index (χ3v) is 2.95. The Morgan fingerprint density at radius 1 is 1.60 bits per heavy atom. The lowest BCUT2D eigenvalue weighted by Crippen LogP contribution is -1.99. The van der Waals surface area contributed by atoms with Crippen molar-refractivity contribution in [3.8, 4) is 0 Å². The third kappa shape index (κ3) is 2.02. The van der Waals surface area contributed by atoms with Crippen molar-refractivity contribution < 1.29 is 9.90 Å². The molecule has 0 atom stereocenters. The quantitative estimate of drug-likeness (QED) is 0.907. The minimum absolute atomic E-state index is 0.0433. The summed E-state index contributed by atoms with van der Waals surface area (Å²) in [5, 5.41) is 8.64. The van der Waals surface area contributed by atoms with E-state index in [1.165, 1.54) is 0 Å². The molecule has 0 saturated heterocycles. The molecule has 1 N–H and O–H groups in total. The third-order valence-electron chi connectivity index (χ3n) is 2.12. The van der Waals surface area contributed by atoms with Gasteiger partial charge < -0.3 is 9.51 Å². The van der Waals surface area contributed by atoms with Gasteiger partial charge in [0.15, 0.2) is 0 Å². The average molecular weight is 269 g/mol. The van der Waals surface area contributed by atoms with Crippen LogP contribution in [-0.4, -0.2) is 20.5 Å². The molecule has 2 aromatic heterocycles. The van der Waals surface area contributed by atoms with Crippen LogP contribution in [0, 0.1) is 6.92 Å². The summed E-state index contributed by atoms with van der Waals surface area (Å²) in [5.41, 5.74) is 2.42. The van der Waals surface area contributed by atoms with Crippen molar-refractivity contribution in [3.63, 3.8) is 0 Å². The molecule has 0 unspecified atom stereocenters. The molecule has 5 heteroatoms. The molecule has 2 heterocycles. The number of pyridine rings is 1. The fourth-order valence-electron chi connectivity index (χ4n) is 1.40. The molecular formula is C10H9BrN2O2. The van der Waals surface area contributed by atoms with E-state index in [1.807, 2.05) is 23.6 Å². The molecule has 15 heavy (non-hydrogen) atoms. The highest BCUT2D eigenvalue weighted by molar-refractivity contribution is 9.10. The van der Waals surface area contributed by atoms with Gasteiger partial charge in [0.05, 0.1) is 12.1 Å². The van der Waals surface area contributed by atoms with Crippen molar-refractivity contribution in [3.05, 3.63) is 34.2 Å². The van der Waals surface area contributed by atoms with Gasteiger partial charge >= 0.3 is 5.97 Å². The normalized spacial score (nSPS) is 10.8. The summed E-state index contributed by atoms with van der Waals surface area (Å²) in [6, 6.07) is 1.91. The Labute approximate surface area is 94.7 Å². The number of nitrogens with zero attached hydrogens (tertiary/aromatic N) is 2. The maximum Gasteiger partial charge on any atom is 0.309 e. The van der Waals surface area contributed by atoms with Crippen LogP contribution in [0.3, 0.4) is 0 Å². The number of aryl methyl sites for hydroxylation is 1. The minimum atomic E-state index is -0.866.